The Labute approximate surface area is 115 Å². The van der Waals surface area contributed by atoms with Crippen molar-refractivity contribution in [2.45, 2.75) is 18.9 Å². The molecule has 1 unspecified atom stereocenters. The molecule has 3 N–H and O–H groups in total. The van der Waals surface area contributed by atoms with Crippen LogP contribution in [0.5, 0.6) is 0 Å². The van der Waals surface area contributed by atoms with Crippen molar-refractivity contribution < 1.29 is 13.2 Å². The van der Waals surface area contributed by atoms with Crippen LogP contribution in [0.3, 0.4) is 0 Å². The van der Waals surface area contributed by atoms with Crippen LogP contribution in [0.25, 0.3) is 0 Å². The Kier molecular flexibility index (Phi) is 4.76. The molecule has 0 saturated heterocycles. The van der Waals surface area contributed by atoms with Gasteiger partial charge in [0.05, 0.1) is 0 Å². The lowest BCUT2D eigenvalue weighted by atomic mass is 9.99. The fraction of sp³-hybridized carbons (Fsp3) is 0.200. The SMILES string of the molecule is NNC(Cc1cccc(F)c1)Cc1cc(F)cc(F)c1. The summed E-state index contributed by atoms with van der Waals surface area (Å²) in [5, 5.41) is 0. The van der Waals surface area contributed by atoms with Crippen LogP contribution in [0, 0.1) is 17.5 Å². The zero-order valence-electron chi connectivity index (χ0n) is 10.7. The Morgan fingerprint density at radius 2 is 1.45 bits per heavy atom. The van der Waals surface area contributed by atoms with Gasteiger partial charge in [-0.2, -0.15) is 0 Å². The molecule has 0 aromatic heterocycles. The van der Waals surface area contributed by atoms with Crippen LogP contribution in [0.2, 0.25) is 0 Å². The normalized spacial score (nSPS) is 12.4. The van der Waals surface area contributed by atoms with E-state index in [1.165, 1.54) is 24.3 Å². The highest BCUT2D eigenvalue weighted by Gasteiger charge is 2.11. The fourth-order valence-corrected chi connectivity index (χ4v) is 2.15. The van der Waals surface area contributed by atoms with E-state index in [2.05, 4.69) is 5.43 Å². The topological polar surface area (TPSA) is 38.0 Å². The van der Waals surface area contributed by atoms with E-state index in [4.69, 9.17) is 5.84 Å². The van der Waals surface area contributed by atoms with Gasteiger partial charge in [-0.15, -0.1) is 0 Å². The number of nitrogens with two attached hydrogens (primary N) is 1. The van der Waals surface area contributed by atoms with E-state index in [9.17, 15) is 13.2 Å². The molecule has 0 spiro atoms. The van der Waals surface area contributed by atoms with Crippen molar-refractivity contribution in [1.29, 1.82) is 0 Å². The smallest absolute Gasteiger partial charge is 0.126 e. The average Bonchev–Trinajstić information content (AvgIpc) is 2.36. The third-order valence-electron chi connectivity index (χ3n) is 3.01. The van der Waals surface area contributed by atoms with Gasteiger partial charge in [0.25, 0.3) is 0 Å². The second-order valence-corrected chi connectivity index (χ2v) is 4.68. The van der Waals surface area contributed by atoms with Crippen LogP contribution in [-0.2, 0) is 12.8 Å². The highest BCUT2D eigenvalue weighted by atomic mass is 19.1. The van der Waals surface area contributed by atoms with Crippen LogP contribution < -0.4 is 11.3 Å². The molecule has 2 aromatic carbocycles. The lowest BCUT2D eigenvalue weighted by Gasteiger charge is -2.16. The number of hydrogen-bond acceptors (Lipinski definition) is 2. The molecule has 5 heteroatoms. The first-order valence-corrected chi connectivity index (χ1v) is 6.22. The summed E-state index contributed by atoms with van der Waals surface area (Å²) in [5.74, 6) is 3.88. The molecule has 0 heterocycles. The molecule has 0 bridgehead atoms. The van der Waals surface area contributed by atoms with Crippen molar-refractivity contribution in [2.75, 3.05) is 0 Å². The molecule has 0 aliphatic rings. The van der Waals surface area contributed by atoms with Crippen molar-refractivity contribution in [3.63, 3.8) is 0 Å². The van der Waals surface area contributed by atoms with Crippen molar-refractivity contribution in [1.82, 2.24) is 5.43 Å². The zero-order valence-corrected chi connectivity index (χ0v) is 10.7. The van der Waals surface area contributed by atoms with Gasteiger partial charge in [-0.3, -0.25) is 11.3 Å². The quantitative estimate of drug-likeness (QED) is 0.653. The standard InChI is InChI=1S/C15H15F3N2/c16-12-3-1-2-10(4-12)7-15(20-19)8-11-5-13(17)9-14(18)6-11/h1-6,9,15,20H,7-8,19H2. The van der Waals surface area contributed by atoms with E-state index in [0.717, 1.165) is 11.6 Å². The van der Waals surface area contributed by atoms with Gasteiger partial charge in [0.2, 0.25) is 0 Å². The number of rotatable bonds is 5. The number of benzene rings is 2. The molecule has 0 aliphatic heterocycles. The molecule has 0 fully saturated rings. The molecule has 2 aromatic rings. The minimum Gasteiger partial charge on any atom is -0.271 e. The summed E-state index contributed by atoms with van der Waals surface area (Å²) in [4.78, 5) is 0. The van der Waals surface area contributed by atoms with Gasteiger partial charge >= 0.3 is 0 Å². The lowest BCUT2D eigenvalue weighted by Crippen LogP contribution is -2.38. The van der Waals surface area contributed by atoms with E-state index >= 15 is 0 Å². The minimum atomic E-state index is -0.624. The number of halogens is 3. The molecular formula is C15H15F3N2. The molecule has 1 atom stereocenters. The Bertz CT molecular complexity index is 567. The summed E-state index contributed by atoms with van der Waals surface area (Å²) in [5.41, 5.74) is 3.86. The lowest BCUT2D eigenvalue weighted by molar-refractivity contribution is 0.514. The van der Waals surface area contributed by atoms with Crippen LogP contribution in [-0.4, -0.2) is 6.04 Å². The maximum absolute atomic E-state index is 13.1. The molecule has 2 rings (SSSR count). The molecule has 2 nitrogen and oxygen atoms in total. The van der Waals surface area contributed by atoms with Gasteiger partial charge in [0.15, 0.2) is 0 Å². The summed E-state index contributed by atoms with van der Waals surface area (Å²) in [6, 6.07) is 9.27. The van der Waals surface area contributed by atoms with Gasteiger partial charge in [-0.1, -0.05) is 12.1 Å². The zero-order chi connectivity index (χ0) is 14.5. The summed E-state index contributed by atoms with van der Waals surface area (Å²) >= 11 is 0. The van der Waals surface area contributed by atoms with Gasteiger partial charge in [-0.25, -0.2) is 13.2 Å². The predicted octanol–water partition coefficient (Wildman–Crippen LogP) is 2.72. The highest BCUT2D eigenvalue weighted by Crippen LogP contribution is 2.13. The second kappa shape index (κ2) is 6.54. The van der Waals surface area contributed by atoms with Crippen LogP contribution in [0.15, 0.2) is 42.5 Å². The molecule has 106 valence electrons. The summed E-state index contributed by atoms with van der Waals surface area (Å²) in [7, 11) is 0. The first-order valence-electron chi connectivity index (χ1n) is 6.22. The minimum absolute atomic E-state index is 0.238. The molecule has 0 saturated carbocycles. The number of nitrogens with one attached hydrogen (secondary N) is 1. The largest absolute Gasteiger partial charge is 0.271 e. The van der Waals surface area contributed by atoms with Crippen LogP contribution >= 0.6 is 0 Å². The average molecular weight is 280 g/mol. The Morgan fingerprint density at radius 3 is 2.05 bits per heavy atom. The Balaban J connectivity index is 2.09. The van der Waals surface area contributed by atoms with E-state index in [1.807, 2.05) is 0 Å². The molecular weight excluding hydrogens is 265 g/mol. The monoisotopic (exact) mass is 280 g/mol. The predicted molar refractivity (Wildman–Crippen MR) is 71.3 cm³/mol. The Morgan fingerprint density at radius 1 is 0.850 bits per heavy atom. The number of hydrazine groups is 1. The second-order valence-electron chi connectivity index (χ2n) is 4.68. The van der Waals surface area contributed by atoms with Gasteiger partial charge < -0.3 is 0 Å². The van der Waals surface area contributed by atoms with Gasteiger partial charge in [0.1, 0.15) is 17.5 Å². The van der Waals surface area contributed by atoms with E-state index in [1.54, 1.807) is 12.1 Å². The molecule has 0 amide bonds. The molecule has 0 aliphatic carbocycles. The first-order chi connectivity index (χ1) is 9.56. The van der Waals surface area contributed by atoms with E-state index in [-0.39, 0.29) is 11.9 Å². The van der Waals surface area contributed by atoms with Gasteiger partial charge in [-0.05, 0) is 48.2 Å². The van der Waals surface area contributed by atoms with E-state index in [0.29, 0.717) is 18.4 Å². The van der Waals surface area contributed by atoms with E-state index < -0.39 is 11.6 Å². The first kappa shape index (κ1) is 14.6. The summed E-state index contributed by atoms with van der Waals surface area (Å²) in [6.07, 6.45) is 0.814. The van der Waals surface area contributed by atoms with Crippen molar-refractivity contribution in [2.24, 2.45) is 5.84 Å². The highest BCUT2D eigenvalue weighted by molar-refractivity contribution is 5.21. The molecule has 0 radical (unpaired) electrons. The summed E-state index contributed by atoms with van der Waals surface area (Å²) in [6.45, 7) is 0. The summed E-state index contributed by atoms with van der Waals surface area (Å²) < 4.78 is 39.3. The maximum atomic E-state index is 13.1. The van der Waals surface area contributed by atoms with Crippen molar-refractivity contribution in [3.05, 3.63) is 71.0 Å². The third kappa shape index (κ3) is 4.08. The van der Waals surface area contributed by atoms with Crippen molar-refractivity contribution in [3.8, 4) is 0 Å². The fourth-order valence-electron chi connectivity index (χ4n) is 2.15. The van der Waals surface area contributed by atoms with Gasteiger partial charge in [0, 0.05) is 12.1 Å². The number of hydrogen-bond donors (Lipinski definition) is 2. The third-order valence-corrected chi connectivity index (χ3v) is 3.01. The maximum Gasteiger partial charge on any atom is 0.126 e. The Hall–Kier alpha value is -1.85. The van der Waals surface area contributed by atoms with Crippen LogP contribution in [0.4, 0.5) is 13.2 Å². The van der Waals surface area contributed by atoms with Crippen LogP contribution in [0.1, 0.15) is 11.1 Å². The van der Waals surface area contributed by atoms with Crippen molar-refractivity contribution >= 4 is 0 Å². The molecule has 20 heavy (non-hydrogen) atoms.